The van der Waals surface area contributed by atoms with Gasteiger partial charge in [0.05, 0.1) is 0 Å². The summed E-state index contributed by atoms with van der Waals surface area (Å²) >= 11 is 0. The van der Waals surface area contributed by atoms with Crippen LogP contribution in [0.4, 0.5) is 0 Å². The van der Waals surface area contributed by atoms with Crippen LogP contribution in [0, 0.1) is 0 Å². The molecule has 2 aliphatic heterocycles. The SMILES string of the molecule is O=C(NC1CCc2nccn2C1)c1cccc(CN2CCCC2=O)c1. The van der Waals surface area contributed by atoms with Gasteiger partial charge >= 0.3 is 0 Å². The van der Waals surface area contributed by atoms with Crippen molar-refractivity contribution in [2.24, 2.45) is 0 Å². The number of nitrogens with zero attached hydrogens (tertiary/aromatic N) is 3. The highest BCUT2D eigenvalue weighted by Gasteiger charge is 2.22. The fraction of sp³-hybridized carbons (Fsp3) is 0.421. The number of carbonyl (C=O) groups excluding carboxylic acids is 2. The summed E-state index contributed by atoms with van der Waals surface area (Å²) in [7, 11) is 0. The average molecular weight is 338 g/mol. The van der Waals surface area contributed by atoms with Crippen LogP contribution in [0.1, 0.15) is 41.0 Å². The Morgan fingerprint density at radius 2 is 2.24 bits per heavy atom. The molecule has 1 saturated heterocycles. The Hall–Kier alpha value is -2.63. The molecule has 130 valence electrons. The van der Waals surface area contributed by atoms with Crippen LogP contribution in [-0.4, -0.2) is 38.9 Å². The molecular formula is C19H22N4O2. The predicted octanol–water partition coefficient (Wildman–Crippen LogP) is 1.75. The maximum absolute atomic E-state index is 12.6. The van der Waals surface area contributed by atoms with Gasteiger partial charge in [0, 0.05) is 56.5 Å². The number of aromatic nitrogens is 2. The summed E-state index contributed by atoms with van der Waals surface area (Å²) in [5.41, 5.74) is 1.66. The Morgan fingerprint density at radius 1 is 1.32 bits per heavy atom. The van der Waals surface area contributed by atoms with Crippen molar-refractivity contribution in [3.05, 3.63) is 53.6 Å². The minimum Gasteiger partial charge on any atom is -0.347 e. The minimum absolute atomic E-state index is 0.0526. The van der Waals surface area contributed by atoms with E-state index in [2.05, 4.69) is 14.9 Å². The third-order valence-electron chi connectivity index (χ3n) is 5.00. The Balaban J connectivity index is 1.40. The van der Waals surface area contributed by atoms with E-state index >= 15 is 0 Å². The molecule has 0 radical (unpaired) electrons. The summed E-state index contributed by atoms with van der Waals surface area (Å²) in [4.78, 5) is 30.6. The maximum Gasteiger partial charge on any atom is 0.251 e. The number of rotatable bonds is 4. The lowest BCUT2D eigenvalue weighted by Crippen LogP contribution is -2.40. The van der Waals surface area contributed by atoms with Crippen LogP contribution in [0.5, 0.6) is 0 Å². The second-order valence-corrected chi connectivity index (χ2v) is 6.82. The van der Waals surface area contributed by atoms with E-state index in [0.29, 0.717) is 18.5 Å². The summed E-state index contributed by atoms with van der Waals surface area (Å²) in [5.74, 6) is 1.24. The van der Waals surface area contributed by atoms with Gasteiger partial charge in [-0.2, -0.15) is 0 Å². The number of aryl methyl sites for hydroxylation is 1. The smallest absolute Gasteiger partial charge is 0.251 e. The van der Waals surface area contributed by atoms with E-state index in [1.165, 1.54) is 0 Å². The van der Waals surface area contributed by atoms with E-state index in [1.54, 1.807) is 0 Å². The first-order valence-corrected chi connectivity index (χ1v) is 8.86. The molecule has 1 fully saturated rings. The van der Waals surface area contributed by atoms with Gasteiger partial charge in [0.15, 0.2) is 0 Å². The van der Waals surface area contributed by atoms with Gasteiger partial charge in [0.1, 0.15) is 5.82 Å². The molecule has 0 saturated carbocycles. The first kappa shape index (κ1) is 15.9. The second kappa shape index (κ2) is 6.70. The zero-order valence-corrected chi connectivity index (χ0v) is 14.1. The summed E-state index contributed by atoms with van der Waals surface area (Å²) in [6, 6.07) is 7.71. The molecule has 2 aromatic rings. The van der Waals surface area contributed by atoms with Gasteiger partial charge in [0.2, 0.25) is 5.91 Å². The number of nitrogens with one attached hydrogen (secondary N) is 1. The van der Waals surface area contributed by atoms with Gasteiger partial charge in [0.25, 0.3) is 5.91 Å². The van der Waals surface area contributed by atoms with E-state index < -0.39 is 0 Å². The lowest BCUT2D eigenvalue weighted by molar-refractivity contribution is -0.128. The lowest BCUT2D eigenvalue weighted by atomic mass is 10.1. The van der Waals surface area contributed by atoms with Crippen LogP contribution in [0.3, 0.4) is 0 Å². The van der Waals surface area contributed by atoms with Crippen molar-refractivity contribution >= 4 is 11.8 Å². The second-order valence-electron chi connectivity index (χ2n) is 6.82. The van der Waals surface area contributed by atoms with Crippen LogP contribution < -0.4 is 5.32 Å². The van der Waals surface area contributed by atoms with Gasteiger partial charge in [-0.05, 0) is 30.5 Å². The number of hydrogen-bond donors (Lipinski definition) is 1. The average Bonchev–Trinajstić information content (AvgIpc) is 3.24. The van der Waals surface area contributed by atoms with Gasteiger partial charge in [-0.1, -0.05) is 12.1 Å². The van der Waals surface area contributed by atoms with Gasteiger partial charge in [-0.3, -0.25) is 9.59 Å². The third-order valence-corrected chi connectivity index (χ3v) is 5.00. The molecule has 3 heterocycles. The topological polar surface area (TPSA) is 67.2 Å². The van der Waals surface area contributed by atoms with E-state index in [4.69, 9.17) is 0 Å². The molecule has 6 nitrogen and oxygen atoms in total. The van der Waals surface area contributed by atoms with E-state index in [9.17, 15) is 9.59 Å². The number of hydrogen-bond acceptors (Lipinski definition) is 3. The lowest BCUT2D eigenvalue weighted by Gasteiger charge is -2.25. The molecule has 1 aromatic heterocycles. The molecule has 25 heavy (non-hydrogen) atoms. The fourth-order valence-electron chi connectivity index (χ4n) is 3.66. The number of imidazole rings is 1. The molecule has 1 N–H and O–H groups in total. The van der Waals surface area contributed by atoms with Gasteiger partial charge in [-0.25, -0.2) is 4.98 Å². The summed E-state index contributed by atoms with van der Waals surface area (Å²) in [6.45, 7) is 2.16. The largest absolute Gasteiger partial charge is 0.347 e. The van der Waals surface area contributed by atoms with Gasteiger partial charge < -0.3 is 14.8 Å². The highest BCUT2D eigenvalue weighted by molar-refractivity contribution is 5.94. The number of fused-ring (bicyclic) bond motifs is 1. The molecule has 2 amide bonds. The summed E-state index contributed by atoms with van der Waals surface area (Å²) in [6.07, 6.45) is 7.12. The van der Waals surface area contributed by atoms with Gasteiger partial charge in [-0.15, -0.1) is 0 Å². The molecule has 1 unspecified atom stereocenters. The van der Waals surface area contributed by atoms with Crippen LogP contribution in [0.2, 0.25) is 0 Å². The monoisotopic (exact) mass is 338 g/mol. The molecule has 0 spiro atoms. The Kier molecular flexibility index (Phi) is 4.26. The minimum atomic E-state index is -0.0526. The van der Waals surface area contributed by atoms with E-state index in [1.807, 2.05) is 41.6 Å². The Morgan fingerprint density at radius 3 is 3.08 bits per heavy atom. The predicted molar refractivity (Wildman–Crippen MR) is 92.9 cm³/mol. The highest BCUT2D eigenvalue weighted by atomic mass is 16.2. The van der Waals surface area contributed by atoms with Crippen molar-refractivity contribution in [1.29, 1.82) is 0 Å². The van der Waals surface area contributed by atoms with Crippen molar-refractivity contribution in [2.75, 3.05) is 6.54 Å². The molecule has 0 aliphatic carbocycles. The van der Waals surface area contributed by atoms with Crippen molar-refractivity contribution in [3.63, 3.8) is 0 Å². The summed E-state index contributed by atoms with van der Waals surface area (Å²) < 4.78 is 2.10. The van der Waals surface area contributed by atoms with E-state index in [0.717, 1.165) is 43.7 Å². The third kappa shape index (κ3) is 3.43. The Bertz CT molecular complexity index is 798. The zero-order valence-electron chi connectivity index (χ0n) is 14.1. The zero-order chi connectivity index (χ0) is 17.2. The van der Waals surface area contributed by atoms with Crippen LogP contribution in [0.25, 0.3) is 0 Å². The highest BCUT2D eigenvalue weighted by Crippen LogP contribution is 2.16. The fourth-order valence-corrected chi connectivity index (χ4v) is 3.66. The maximum atomic E-state index is 12.6. The molecule has 6 heteroatoms. The number of likely N-dealkylation sites (tertiary alicyclic amines) is 1. The molecule has 1 aromatic carbocycles. The first-order chi connectivity index (χ1) is 12.2. The Labute approximate surface area is 146 Å². The van der Waals surface area contributed by atoms with Crippen molar-refractivity contribution in [2.45, 2.75) is 44.8 Å². The molecule has 2 aliphatic rings. The van der Waals surface area contributed by atoms with Crippen molar-refractivity contribution in [3.8, 4) is 0 Å². The molecule has 1 atom stereocenters. The number of amides is 2. The quantitative estimate of drug-likeness (QED) is 0.923. The standard InChI is InChI=1S/C19H22N4O2/c24-18-5-2-9-23(18)12-14-3-1-4-15(11-14)19(25)21-16-6-7-17-20-8-10-22(17)13-16/h1,3-4,8,10-11,16H,2,5-7,9,12-13H2,(H,21,25). The molecular weight excluding hydrogens is 316 g/mol. The normalized spacial score (nSPS) is 19.8. The molecule has 0 bridgehead atoms. The van der Waals surface area contributed by atoms with Crippen LogP contribution in [-0.2, 0) is 24.3 Å². The van der Waals surface area contributed by atoms with Crippen molar-refractivity contribution in [1.82, 2.24) is 19.8 Å². The van der Waals surface area contributed by atoms with Crippen LogP contribution in [0.15, 0.2) is 36.7 Å². The number of benzene rings is 1. The molecule has 4 rings (SSSR count). The van der Waals surface area contributed by atoms with E-state index in [-0.39, 0.29) is 17.9 Å². The first-order valence-electron chi connectivity index (χ1n) is 8.86. The van der Waals surface area contributed by atoms with Crippen molar-refractivity contribution < 1.29 is 9.59 Å². The number of carbonyl (C=O) groups is 2. The summed E-state index contributed by atoms with van der Waals surface area (Å²) in [5, 5.41) is 3.13. The van der Waals surface area contributed by atoms with Crippen LogP contribution >= 0.6 is 0 Å².